The highest BCUT2D eigenvalue weighted by Gasteiger charge is 1.95. The Kier molecular flexibility index (Phi) is 3.07. The van der Waals surface area contributed by atoms with Crippen molar-refractivity contribution in [2.75, 3.05) is 5.32 Å². The molecule has 0 unspecified atom stereocenters. The van der Waals surface area contributed by atoms with Crippen LogP contribution in [0.4, 0.5) is 5.82 Å². The van der Waals surface area contributed by atoms with Crippen LogP contribution in [0, 0.1) is 0 Å². The zero-order valence-corrected chi connectivity index (χ0v) is 6.87. The second-order valence-electron chi connectivity index (χ2n) is 2.27. The van der Waals surface area contributed by atoms with E-state index in [9.17, 15) is 4.79 Å². The molecular weight excluding hydrogens is 154 g/mol. The Bertz CT molecular complexity index is 264. The normalized spacial score (nSPS) is 10.4. The van der Waals surface area contributed by atoms with E-state index in [4.69, 9.17) is 0 Å². The summed E-state index contributed by atoms with van der Waals surface area (Å²) in [5, 5.41) is 8.93. The summed E-state index contributed by atoms with van der Waals surface area (Å²) in [7, 11) is 0. The van der Waals surface area contributed by atoms with E-state index < -0.39 is 0 Å². The first-order valence-electron chi connectivity index (χ1n) is 3.80. The van der Waals surface area contributed by atoms with Gasteiger partial charge in [0.05, 0.1) is 6.20 Å². The molecule has 0 radical (unpaired) electrons. The lowest BCUT2D eigenvalue weighted by atomic mass is 10.4. The van der Waals surface area contributed by atoms with Gasteiger partial charge in [-0.3, -0.25) is 9.89 Å². The van der Waals surface area contributed by atoms with Crippen molar-refractivity contribution in [2.24, 2.45) is 0 Å². The number of rotatable bonds is 3. The summed E-state index contributed by atoms with van der Waals surface area (Å²) in [5.41, 5.74) is 0. The number of anilines is 1. The lowest BCUT2D eigenvalue weighted by Gasteiger charge is -1.94. The number of hydrogen-bond acceptors (Lipinski definition) is 2. The van der Waals surface area contributed by atoms with E-state index in [2.05, 4.69) is 15.5 Å². The molecule has 0 aliphatic rings. The highest BCUT2D eigenvalue weighted by molar-refractivity contribution is 5.98. The Morgan fingerprint density at radius 3 is 3.25 bits per heavy atom. The maximum absolute atomic E-state index is 11.0. The molecule has 0 atom stereocenters. The van der Waals surface area contributed by atoms with Crippen molar-refractivity contribution >= 4 is 11.7 Å². The number of amides is 1. The molecule has 0 saturated heterocycles. The van der Waals surface area contributed by atoms with E-state index in [1.165, 1.54) is 6.08 Å². The number of aromatic amines is 1. The molecule has 1 rings (SSSR count). The average molecular weight is 165 g/mol. The highest BCUT2D eigenvalue weighted by atomic mass is 16.1. The molecule has 0 aromatic carbocycles. The highest BCUT2D eigenvalue weighted by Crippen LogP contribution is 1.97. The number of allylic oxidation sites excluding steroid dienone is 1. The first kappa shape index (κ1) is 8.52. The molecule has 1 aromatic heterocycles. The van der Waals surface area contributed by atoms with E-state index in [0.29, 0.717) is 5.82 Å². The summed E-state index contributed by atoms with van der Waals surface area (Å²) < 4.78 is 0. The van der Waals surface area contributed by atoms with Gasteiger partial charge in [0.2, 0.25) is 5.91 Å². The van der Waals surface area contributed by atoms with E-state index in [1.807, 2.05) is 6.92 Å². The summed E-state index contributed by atoms with van der Waals surface area (Å²) in [4.78, 5) is 11.0. The van der Waals surface area contributed by atoms with Crippen molar-refractivity contribution < 1.29 is 4.79 Å². The van der Waals surface area contributed by atoms with Crippen LogP contribution in [-0.2, 0) is 4.79 Å². The summed E-state index contributed by atoms with van der Waals surface area (Å²) in [6.45, 7) is 1.97. The SMILES string of the molecule is CC/C=C/C(=O)Nc1ccn[nH]1. The summed E-state index contributed by atoms with van der Waals surface area (Å²) in [6, 6.07) is 1.69. The Morgan fingerprint density at radius 1 is 1.83 bits per heavy atom. The number of nitrogens with zero attached hydrogens (tertiary/aromatic N) is 1. The van der Waals surface area contributed by atoms with Gasteiger partial charge in [-0.15, -0.1) is 0 Å². The van der Waals surface area contributed by atoms with Crippen LogP contribution in [0.25, 0.3) is 0 Å². The molecule has 64 valence electrons. The molecule has 0 bridgehead atoms. The minimum Gasteiger partial charge on any atom is -0.307 e. The van der Waals surface area contributed by atoms with Crippen molar-refractivity contribution in [3.63, 3.8) is 0 Å². The van der Waals surface area contributed by atoms with Crippen molar-refractivity contribution in [2.45, 2.75) is 13.3 Å². The predicted molar refractivity (Wildman–Crippen MR) is 46.6 cm³/mol. The van der Waals surface area contributed by atoms with Crippen LogP contribution in [0.5, 0.6) is 0 Å². The van der Waals surface area contributed by atoms with Crippen molar-refractivity contribution in [1.82, 2.24) is 10.2 Å². The maximum Gasteiger partial charge on any atom is 0.249 e. The van der Waals surface area contributed by atoms with Gasteiger partial charge in [0.15, 0.2) is 0 Å². The van der Waals surface area contributed by atoms with Gasteiger partial charge in [0, 0.05) is 6.07 Å². The van der Waals surface area contributed by atoms with Gasteiger partial charge in [0.1, 0.15) is 5.82 Å². The second-order valence-corrected chi connectivity index (χ2v) is 2.27. The molecule has 1 amide bonds. The van der Waals surface area contributed by atoms with Gasteiger partial charge in [-0.05, 0) is 12.5 Å². The fourth-order valence-corrected chi connectivity index (χ4v) is 0.725. The van der Waals surface area contributed by atoms with Gasteiger partial charge in [0.25, 0.3) is 0 Å². The fraction of sp³-hybridized carbons (Fsp3) is 0.250. The number of carbonyl (C=O) groups excluding carboxylic acids is 1. The lowest BCUT2D eigenvalue weighted by molar-refractivity contribution is -0.111. The Morgan fingerprint density at radius 2 is 2.67 bits per heavy atom. The number of H-pyrrole nitrogens is 1. The molecule has 0 saturated carbocycles. The van der Waals surface area contributed by atoms with E-state index >= 15 is 0 Å². The monoisotopic (exact) mass is 165 g/mol. The molecule has 0 fully saturated rings. The first-order chi connectivity index (χ1) is 5.83. The van der Waals surface area contributed by atoms with Crippen LogP contribution in [0.2, 0.25) is 0 Å². The second kappa shape index (κ2) is 4.33. The van der Waals surface area contributed by atoms with E-state index in [-0.39, 0.29) is 5.91 Å². The number of hydrogen-bond donors (Lipinski definition) is 2. The molecule has 4 heteroatoms. The molecule has 1 aromatic rings. The van der Waals surface area contributed by atoms with Crippen molar-refractivity contribution in [3.05, 3.63) is 24.4 Å². The zero-order chi connectivity index (χ0) is 8.81. The molecule has 1 heterocycles. The number of carbonyl (C=O) groups is 1. The van der Waals surface area contributed by atoms with Crippen LogP contribution in [0.3, 0.4) is 0 Å². The van der Waals surface area contributed by atoms with E-state index in [0.717, 1.165) is 6.42 Å². The largest absolute Gasteiger partial charge is 0.307 e. The molecule has 12 heavy (non-hydrogen) atoms. The van der Waals surface area contributed by atoms with Gasteiger partial charge in [-0.2, -0.15) is 5.10 Å². The zero-order valence-electron chi connectivity index (χ0n) is 6.87. The van der Waals surface area contributed by atoms with E-state index in [1.54, 1.807) is 18.3 Å². The Labute approximate surface area is 70.7 Å². The Hall–Kier alpha value is -1.58. The van der Waals surface area contributed by atoms with Gasteiger partial charge in [-0.1, -0.05) is 13.0 Å². The number of aromatic nitrogens is 2. The average Bonchev–Trinajstić information content (AvgIpc) is 2.53. The topological polar surface area (TPSA) is 57.8 Å². The minimum absolute atomic E-state index is 0.138. The van der Waals surface area contributed by atoms with Gasteiger partial charge < -0.3 is 5.32 Å². The third-order valence-electron chi connectivity index (χ3n) is 1.26. The van der Waals surface area contributed by atoms with Crippen LogP contribution >= 0.6 is 0 Å². The third-order valence-corrected chi connectivity index (χ3v) is 1.26. The summed E-state index contributed by atoms with van der Waals surface area (Å²) in [5.74, 6) is 0.474. The molecular formula is C8H11N3O. The molecule has 2 N–H and O–H groups in total. The minimum atomic E-state index is -0.138. The standard InChI is InChI=1S/C8H11N3O/c1-2-3-4-8(12)10-7-5-6-9-11-7/h3-6H,2H2,1H3,(H2,9,10,11,12)/b4-3+. The maximum atomic E-state index is 11.0. The fourth-order valence-electron chi connectivity index (χ4n) is 0.725. The van der Waals surface area contributed by atoms with Gasteiger partial charge in [-0.25, -0.2) is 0 Å². The smallest absolute Gasteiger partial charge is 0.249 e. The molecule has 0 aliphatic heterocycles. The van der Waals surface area contributed by atoms with Crippen LogP contribution in [0.15, 0.2) is 24.4 Å². The first-order valence-corrected chi connectivity index (χ1v) is 3.80. The summed E-state index contributed by atoms with van der Waals surface area (Å²) >= 11 is 0. The van der Waals surface area contributed by atoms with Crippen LogP contribution < -0.4 is 5.32 Å². The van der Waals surface area contributed by atoms with Crippen molar-refractivity contribution in [3.8, 4) is 0 Å². The molecule has 0 aliphatic carbocycles. The van der Waals surface area contributed by atoms with Crippen LogP contribution in [-0.4, -0.2) is 16.1 Å². The predicted octanol–water partition coefficient (Wildman–Crippen LogP) is 1.31. The molecule has 0 spiro atoms. The van der Waals surface area contributed by atoms with Gasteiger partial charge >= 0.3 is 0 Å². The van der Waals surface area contributed by atoms with Crippen LogP contribution in [0.1, 0.15) is 13.3 Å². The lowest BCUT2D eigenvalue weighted by Crippen LogP contribution is -2.07. The van der Waals surface area contributed by atoms with Crippen molar-refractivity contribution in [1.29, 1.82) is 0 Å². The summed E-state index contributed by atoms with van der Waals surface area (Å²) in [6.07, 6.45) is 5.74. The third kappa shape index (κ3) is 2.57. The Balaban J connectivity index is 2.42. The molecule has 4 nitrogen and oxygen atoms in total. The number of nitrogens with one attached hydrogen (secondary N) is 2. The quantitative estimate of drug-likeness (QED) is 0.663.